The number of hydrogen-bond donors (Lipinski definition) is 1. The highest BCUT2D eigenvalue weighted by molar-refractivity contribution is 5.87. The largest absolute Gasteiger partial charge is 0.496 e. The van der Waals surface area contributed by atoms with Gasteiger partial charge in [-0.1, -0.05) is 42.5 Å². The van der Waals surface area contributed by atoms with Crippen LogP contribution in [0.5, 0.6) is 5.75 Å². The van der Waals surface area contributed by atoms with E-state index in [1.165, 1.54) is 12.1 Å². The van der Waals surface area contributed by atoms with E-state index < -0.39 is 0 Å². The van der Waals surface area contributed by atoms with Gasteiger partial charge in [-0.2, -0.15) is 0 Å². The summed E-state index contributed by atoms with van der Waals surface area (Å²) in [6.07, 6.45) is 0. The summed E-state index contributed by atoms with van der Waals surface area (Å²) in [7, 11) is 1.66. The molecule has 0 atom stereocenters. The highest BCUT2D eigenvalue weighted by Gasteiger charge is 2.14. The van der Waals surface area contributed by atoms with E-state index in [2.05, 4.69) is 0 Å². The fraction of sp³-hybridized carbons (Fsp3) is 0.125. The van der Waals surface area contributed by atoms with Crippen LogP contribution in [0, 0.1) is 12.7 Å². The number of hydrogen-bond acceptors (Lipinski definition) is 3. The van der Waals surface area contributed by atoms with Crippen LogP contribution in [-0.4, -0.2) is 17.2 Å². The van der Waals surface area contributed by atoms with E-state index in [-0.39, 0.29) is 12.4 Å². The van der Waals surface area contributed by atoms with Gasteiger partial charge < -0.3 is 9.84 Å². The molecule has 1 N–H and O–H groups in total. The molecule has 3 aromatic carbocycles. The van der Waals surface area contributed by atoms with Crippen LogP contribution in [0.25, 0.3) is 33.3 Å². The number of aromatic nitrogens is 1. The minimum atomic E-state index is -0.336. The van der Waals surface area contributed by atoms with E-state index in [1.54, 1.807) is 13.2 Å². The molecular formula is C24H20FNO2. The van der Waals surface area contributed by atoms with E-state index in [0.29, 0.717) is 16.5 Å². The van der Waals surface area contributed by atoms with Crippen LogP contribution in [0.1, 0.15) is 11.1 Å². The van der Waals surface area contributed by atoms with Crippen molar-refractivity contribution in [3.8, 4) is 28.1 Å². The molecule has 4 rings (SSSR count). The first-order chi connectivity index (χ1) is 13.6. The zero-order valence-electron chi connectivity index (χ0n) is 15.7. The summed E-state index contributed by atoms with van der Waals surface area (Å²) >= 11 is 0. The molecule has 0 radical (unpaired) electrons. The molecule has 0 aliphatic heterocycles. The Morgan fingerprint density at radius 1 is 0.964 bits per heavy atom. The molecular weight excluding hydrogens is 353 g/mol. The Morgan fingerprint density at radius 3 is 2.39 bits per heavy atom. The topological polar surface area (TPSA) is 42.4 Å². The second-order valence-corrected chi connectivity index (χ2v) is 6.66. The SMILES string of the molecule is COc1ccccc1-c1ccc(-c2nc3ccc(F)cc3c(CO)c2C)cc1. The Labute approximate surface area is 163 Å². The third-order valence-corrected chi connectivity index (χ3v) is 5.06. The predicted molar refractivity (Wildman–Crippen MR) is 110 cm³/mol. The number of methoxy groups -OCH3 is 1. The van der Waals surface area contributed by atoms with Gasteiger partial charge in [-0.15, -0.1) is 0 Å². The van der Waals surface area contributed by atoms with Gasteiger partial charge in [0.05, 0.1) is 24.9 Å². The minimum Gasteiger partial charge on any atom is -0.496 e. The highest BCUT2D eigenvalue weighted by Crippen LogP contribution is 2.33. The van der Waals surface area contributed by atoms with Gasteiger partial charge in [-0.05, 0) is 47.9 Å². The minimum absolute atomic E-state index is 0.166. The maximum absolute atomic E-state index is 13.7. The van der Waals surface area contributed by atoms with Crippen LogP contribution in [0.2, 0.25) is 0 Å². The number of para-hydroxylation sites is 1. The molecule has 0 aliphatic carbocycles. The average Bonchev–Trinajstić information content (AvgIpc) is 2.73. The van der Waals surface area contributed by atoms with Crippen molar-refractivity contribution in [3.05, 3.63) is 83.7 Å². The zero-order valence-corrected chi connectivity index (χ0v) is 15.7. The first kappa shape index (κ1) is 18.1. The molecule has 0 fully saturated rings. The second-order valence-electron chi connectivity index (χ2n) is 6.66. The fourth-order valence-corrected chi connectivity index (χ4v) is 3.57. The molecule has 0 saturated carbocycles. The number of aliphatic hydroxyl groups excluding tert-OH is 1. The van der Waals surface area contributed by atoms with Gasteiger partial charge in [0.15, 0.2) is 0 Å². The lowest BCUT2D eigenvalue weighted by Crippen LogP contribution is -1.99. The molecule has 0 bridgehead atoms. The van der Waals surface area contributed by atoms with Crippen LogP contribution in [0.3, 0.4) is 0 Å². The van der Waals surface area contributed by atoms with E-state index >= 15 is 0 Å². The van der Waals surface area contributed by atoms with Gasteiger partial charge in [0.2, 0.25) is 0 Å². The standard InChI is InChI=1S/C24H20FNO2/c1-15-21(14-27)20-13-18(25)11-12-22(20)26-24(15)17-9-7-16(8-10-17)19-5-3-4-6-23(19)28-2/h3-13,27H,14H2,1-2H3. The van der Waals surface area contributed by atoms with Crippen LogP contribution < -0.4 is 4.74 Å². The summed E-state index contributed by atoms with van der Waals surface area (Å²) in [5.41, 5.74) is 6.01. The van der Waals surface area contributed by atoms with E-state index in [0.717, 1.165) is 33.7 Å². The number of fused-ring (bicyclic) bond motifs is 1. The molecule has 4 aromatic rings. The Balaban J connectivity index is 1.82. The fourth-order valence-electron chi connectivity index (χ4n) is 3.57. The first-order valence-corrected chi connectivity index (χ1v) is 9.06. The van der Waals surface area contributed by atoms with Crippen LogP contribution >= 0.6 is 0 Å². The normalized spacial score (nSPS) is 11.0. The van der Waals surface area contributed by atoms with Crippen molar-refractivity contribution < 1.29 is 14.2 Å². The summed E-state index contributed by atoms with van der Waals surface area (Å²) < 4.78 is 19.1. The van der Waals surface area contributed by atoms with Gasteiger partial charge in [0.25, 0.3) is 0 Å². The lowest BCUT2D eigenvalue weighted by Gasteiger charge is -2.14. The maximum Gasteiger partial charge on any atom is 0.126 e. The van der Waals surface area contributed by atoms with Gasteiger partial charge in [-0.3, -0.25) is 0 Å². The van der Waals surface area contributed by atoms with Crippen molar-refractivity contribution in [2.75, 3.05) is 7.11 Å². The number of aliphatic hydroxyl groups is 1. The Bertz CT molecular complexity index is 1150. The molecule has 1 heterocycles. The van der Waals surface area contributed by atoms with Crippen LogP contribution in [0.4, 0.5) is 4.39 Å². The van der Waals surface area contributed by atoms with Gasteiger partial charge in [-0.25, -0.2) is 9.37 Å². The van der Waals surface area contributed by atoms with Crippen molar-refractivity contribution in [2.45, 2.75) is 13.5 Å². The molecule has 0 unspecified atom stereocenters. The molecule has 0 spiro atoms. The maximum atomic E-state index is 13.7. The van der Waals surface area contributed by atoms with Gasteiger partial charge >= 0.3 is 0 Å². The third-order valence-electron chi connectivity index (χ3n) is 5.06. The summed E-state index contributed by atoms with van der Waals surface area (Å²) in [4.78, 5) is 4.73. The quantitative estimate of drug-likeness (QED) is 0.512. The van der Waals surface area contributed by atoms with E-state index in [1.807, 2.05) is 55.5 Å². The third kappa shape index (κ3) is 3.12. The molecule has 28 heavy (non-hydrogen) atoms. The highest BCUT2D eigenvalue weighted by atomic mass is 19.1. The number of nitrogens with zero attached hydrogens (tertiary/aromatic N) is 1. The molecule has 1 aromatic heterocycles. The first-order valence-electron chi connectivity index (χ1n) is 9.06. The lowest BCUT2D eigenvalue weighted by molar-refractivity contribution is 0.282. The number of rotatable bonds is 4. The van der Waals surface area contributed by atoms with E-state index in [9.17, 15) is 9.50 Å². The zero-order chi connectivity index (χ0) is 19.7. The van der Waals surface area contributed by atoms with Crippen molar-refractivity contribution in [3.63, 3.8) is 0 Å². The molecule has 0 amide bonds. The summed E-state index contributed by atoms with van der Waals surface area (Å²) in [5, 5.41) is 10.5. The average molecular weight is 373 g/mol. The van der Waals surface area contributed by atoms with Crippen LogP contribution in [-0.2, 0) is 6.61 Å². The Hall–Kier alpha value is -3.24. The molecule has 0 aliphatic rings. The summed E-state index contributed by atoms with van der Waals surface area (Å²) in [5.74, 6) is 0.483. The Morgan fingerprint density at radius 2 is 1.68 bits per heavy atom. The van der Waals surface area contributed by atoms with Crippen molar-refractivity contribution in [2.24, 2.45) is 0 Å². The molecule has 0 saturated heterocycles. The number of pyridine rings is 1. The molecule has 4 heteroatoms. The van der Waals surface area contributed by atoms with Crippen molar-refractivity contribution >= 4 is 10.9 Å². The monoisotopic (exact) mass is 373 g/mol. The van der Waals surface area contributed by atoms with Crippen molar-refractivity contribution in [1.82, 2.24) is 4.98 Å². The van der Waals surface area contributed by atoms with Crippen LogP contribution in [0.15, 0.2) is 66.7 Å². The second kappa shape index (κ2) is 7.41. The van der Waals surface area contributed by atoms with E-state index in [4.69, 9.17) is 9.72 Å². The summed E-state index contributed by atoms with van der Waals surface area (Å²) in [6.45, 7) is 1.74. The number of benzene rings is 3. The smallest absolute Gasteiger partial charge is 0.126 e. The predicted octanol–water partition coefficient (Wildman–Crippen LogP) is 5.52. The van der Waals surface area contributed by atoms with Gasteiger partial charge in [0.1, 0.15) is 11.6 Å². The summed E-state index contributed by atoms with van der Waals surface area (Å²) in [6, 6.07) is 20.4. The number of ether oxygens (including phenoxy) is 1. The Kier molecular flexibility index (Phi) is 4.80. The molecule has 140 valence electrons. The van der Waals surface area contributed by atoms with Gasteiger partial charge in [0, 0.05) is 16.5 Å². The molecule has 3 nitrogen and oxygen atoms in total. The number of halogens is 1. The van der Waals surface area contributed by atoms with Crippen molar-refractivity contribution in [1.29, 1.82) is 0 Å². The lowest BCUT2D eigenvalue weighted by atomic mass is 9.96.